The number of rotatable bonds is 32. The van der Waals surface area contributed by atoms with Crippen LogP contribution in [-0.2, 0) is 6.42 Å². The standard InChI is InChI=1S/C59H84N4.C4H11N/c1-8-15-22-49-23-31-56(32-24-49)63(58-41-39-55(40-42-58)62(47-20-13-6)48-21-14-7)57-37-29-52(30-38-57)59(50-25-33-53(34-26-50)60(43-16-9-2)44-17-10-3)51-27-35-54(36-28-51)61(45-18-11-4)46-19-12-5;1-2-3-4-5/h23-42,59H,8-22,43-48H2,1-7H3;2-5H2,1H3. The Kier molecular flexibility index (Phi) is 27.0. The molecule has 0 radical (unpaired) electrons. The number of aryl methyl sites for hydroxylation is 1. The molecule has 0 amide bonds. The van der Waals surface area contributed by atoms with Gasteiger partial charge >= 0.3 is 0 Å². The number of anilines is 6. The Morgan fingerprint density at radius 3 is 0.824 bits per heavy atom. The van der Waals surface area contributed by atoms with Gasteiger partial charge in [-0.25, -0.2) is 0 Å². The van der Waals surface area contributed by atoms with Crippen molar-refractivity contribution < 1.29 is 0 Å². The molecule has 68 heavy (non-hydrogen) atoms. The molecule has 5 heteroatoms. The molecule has 2 N–H and O–H groups in total. The van der Waals surface area contributed by atoms with Gasteiger partial charge in [-0.1, -0.05) is 155 Å². The lowest BCUT2D eigenvalue weighted by Gasteiger charge is -2.29. The van der Waals surface area contributed by atoms with Crippen LogP contribution in [0, 0.1) is 0 Å². The van der Waals surface area contributed by atoms with Gasteiger partial charge in [0.2, 0.25) is 0 Å². The van der Waals surface area contributed by atoms with Crippen LogP contribution >= 0.6 is 0 Å². The molecule has 5 rings (SSSR count). The molecule has 0 aliphatic rings. The molecule has 372 valence electrons. The van der Waals surface area contributed by atoms with Crippen molar-refractivity contribution in [3.63, 3.8) is 0 Å². The molecule has 5 aromatic rings. The minimum atomic E-state index is 0.115. The van der Waals surface area contributed by atoms with E-state index in [4.69, 9.17) is 5.73 Å². The van der Waals surface area contributed by atoms with Crippen LogP contribution in [-0.4, -0.2) is 45.8 Å². The Labute approximate surface area is 417 Å². The summed E-state index contributed by atoms with van der Waals surface area (Å²) < 4.78 is 0. The normalized spacial score (nSPS) is 11.1. The second-order valence-corrected chi connectivity index (χ2v) is 19.1. The Morgan fingerprint density at radius 1 is 0.309 bits per heavy atom. The lowest BCUT2D eigenvalue weighted by Crippen LogP contribution is -2.25. The monoisotopic (exact) mass is 922 g/mol. The van der Waals surface area contributed by atoms with Crippen molar-refractivity contribution in [1.82, 2.24) is 0 Å². The molecule has 0 saturated heterocycles. The number of hydrogen-bond acceptors (Lipinski definition) is 5. The average Bonchev–Trinajstić information content (AvgIpc) is 3.38. The van der Waals surface area contributed by atoms with Crippen molar-refractivity contribution >= 4 is 34.1 Å². The Morgan fingerprint density at radius 2 is 0.559 bits per heavy atom. The number of hydrogen-bond donors (Lipinski definition) is 1. The largest absolute Gasteiger partial charge is 0.372 e. The molecule has 0 aliphatic carbocycles. The number of nitrogens with zero attached hydrogens (tertiary/aromatic N) is 4. The molecule has 0 bridgehead atoms. The molecule has 0 aliphatic heterocycles. The van der Waals surface area contributed by atoms with Crippen molar-refractivity contribution in [3.8, 4) is 0 Å². The van der Waals surface area contributed by atoms with E-state index in [0.717, 1.165) is 52.2 Å². The quantitative estimate of drug-likeness (QED) is 0.0435. The van der Waals surface area contributed by atoms with Gasteiger partial charge in [-0.3, -0.25) is 0 Å². The van der Waals surface area contributed by atoms with Crippen LogP contribution in [0.3, 0.4) is 0 Å². The first-order valence-corrected chi connectivity index (χ1v) is 27.6. The van der Waals surface area contributed by atoms with Gasteiger partial charge in [-0.2, -0.15) is 0 Å². The van der Waals surface area contributed by atoms with Gasteiger partial charge in [0.15, 0.2) is 0 Å². The van der Waals surface area contributed by atoms with Crippen LogP contribution < -0.4 is 25.3 Å². The molecule has 0 spiro atoms. The van der Waals surface area contributed by atoms with Gasteiger partial charge in [-0.05, 0) is 159 Å². The fourth-order valence-electron chi connectivity index (χ4n) is 9.01. The molecule has 0 fully saturated rings. The van der Waals surface area contributed by atoms with E-state index in [-0.39, 0.29) is 5.92 Å². The van der Waals surface area contributed by atoms with E-state index in [1.165, 1.54) is 159 Å². The van der Waals surface area contributed by atoms with Gasteiger partial charge < -0.3 is 25.3 Å². The predicted octanol–water partition coefficient (Wildman–Crippen LogP) is 17.6. The maximum atomic E-state index is 5.14. The minimum Gasteiger partial charge on any atom is -0.372 e. The SMILES string of the molecule is CCCCN.CCCCc1ccc(N(c2ccc(C(c3ccc(N(CCCC)CCCC)cc3)c3ccc(N(CCCC)CCCC)cc3)cc2)c2ccc(N(CCCC)CCCC)cc2)cc1. The third kappa shape index (κ3) is 18.0. The highest BCUT2D eigenvalue weighted by Gasteiger charge is 2.21. The minimum absolute atomic E-state index is 0.115. The van der Waals surface area contributed by atoms with E-state index < -0.39 is 0 Å². The molecule has 0 atom stereocenters. The zero-order valence-corrected chi connectivity index (χ0v) is 44.5. The summed E-state index contributed by atoms with van der Waals surface area (Å²) in [5.74, 6) is 0.115. The number of unbranched alkanes of at least 4 members (excludes halogenated alkanes) is 8. The highest BCUT2D eigenvalue weighted by atomic mass is 15.2. The fourth-order valence-corrected chi connectivity index (χ4v) is 9.01. The molecule has 0 unspecified atom stereocenters. The summed E-state index contributed by atoms with van der Waals surface area (Å²) in [4.78, 5) is 10.2. The van der Waals surface area contributed by atoms with Gasteiger partial charge in [0.1, 0.15) is 0 Å². The number of benzene rings is 5. The number of nitrogens with two attached hydrogens (primary N) is 1. The van der Waals surface area contributed by atoms with Crippen molar-refractivity contribution in [2.45, 2.75) is 170 Å². The maximum Gasteiger partial charge on any atom is 0.0463 e. The molecular formula is C63H95N5. The van der Waals surface area contributed by atoms with Crippen LogP contribution in [0.25, 0.3) is 0 Å². The molecule has 0 aromatic heterocycles. The van der Waals surface area contributed by atoms with Crippen LogP contribution in [0.1, 0.15) is 186 Å². The predicted molar refractivity (Wildman–Crippen MR) is 304 cm³/mol. The van der Waals surface area contributed by atoms with Crippen molar-refractivity contribution in [2.75, 3.05) is 65.4 Å². The second kappa shape index (κ2) is 32.9. The van der Waals surface area contributed by atoms with Crippen molar-refractivity contribution in [1.29, 1.82) is 0 Å². The summed E-state index contributed by atoms with van der Waals surface area (Å²) in [7, 11) is 0. The van der Waals surface area contributed by atoms with Crippen molar-refractivity contribution in [2.24, 2.45) is 5.73 Å². The summed E-state index contributed by atoms with van der Waals surface area (Å²) >= 11 is 0. The van der Waals surface area contributed by atoms with E-state index in [1.54, 1.807) is 0 Å². The van der Waals surface area contributed by atoms with Crippen molar-refractivity contribution in [3.05, 3.63) is 144 Å². The highest BCUT2D eigenvalue weighted by molar-refractivity contribution is 5.78. The molecule has 5 nitrogen and oxygen atoms in total. The molecule has 5 aromatic carbocycles. The van der Waals surface area contributed by atoms with E-state index in [2.05, 4.69) is 196 Å². The average molecular weight is 922 g/mol. The zero-order valence-electron chi connectivity index (χ0n) is 44.5. The maximum absolute atomic E-state index is 5.14. The Balaban J connectivity index is 0.00000191. The Hall–Kier alpha value is -4.74. The second-order valence-electron chi connectivity index (χ2n) is 19.1. The first-order chi connectivity index (χ1) is 33.4. The zero-order chi connectivity index (χ0) is 48.8. The third-order valence-electron chi connectivity index (χ3n) is 13.4. The lowest BCUT2D eigenvalue weighted by molar-refractivity contribution is 0.677. The molecule has 0 saturated carbocycles. The van der Waals surface area contributed by atoms with Crippen LogP contribution in [0.15, 0.2) is 121 Å². The third-order valence-corrected chi connectivity index (χ3v) is 13.4. The highest BCUT2D eigenvalue weighted by Crippen LogP contribution is 2.39. The summed E-state index contributed by atoms with van der Waals surface area (Å²) in [6, 6.07) is 47.3. The fraction of sp³-hybridized carbons (Fsp3) is 0.524. The van der Waals surface area contributed by atoms with E-state index >= 15 is 0 Å². The lowest BCUT2D eigenvalue weighted by atomic mass is 9.84. The van der Waals surface area contributed by atoms with Gasteiger partial charge in [0.05, 0.1) is 0 Å². The topological polar surface area (TPSA) is 39.0 Å². The van der Waals surface area contributed by atoms with E-state index in [0.29, 0.717) is 0 Å². The van der Waals surface area contributed by atoms with Gasteiger partial charge in [0.25, 0.3) is 0 Å². The summed E-state index contributed by atoms with van der Waals surface area (Å²) in [6.45, 7) is 25.7. The van der Waals surface area contributed by atoms with Gasteiger partial charge in [-0.15, -0.1) is 0 Å². The van der Waals surface area contributed by atoms with E-state index in [1.807, 2.05) is 0 Å². The summed E-state index contributed by atoms with van der Waals surface area (Å²) in [6.07, 6.45) is 20.6. The van der Waals surface area contributed by atoms with Crippen LogP contribution in [0.5, 0.6) is 0 Å². The van der Waals surface area contributed by atoms with Crippen LogP contribution in [0.2, 0.25) is 0 Å². The molecule has 0 heterocycles. The summed E-state index contributed by atoms with van der Waals surface area (Å²) in [5, 5.41) is 0. The van der Waals surface area contributed by atoms with E-state index in [9.17, 15) is 0 Å². The Bertz CT molecular complexity index is 1900. The molecular weight excluding hydrogens is 827 g/mol. The van der Waals surface area contributed by atoms with Gasteiger partial charge in [0, 0.05) is 79.3 Å². The first-order valence-electron chi connectivity index (χ1n) is 27.6. The first kappa shape index (κ1) is 55.9. The van der Waals surface area contributed by atoms with Crippen LogP contribution in [0.4, 0.5) is 34.1 Å². The smallest absolute Gasteiger partial charge is 0.0463 e. The summed E-state index contributed by atoms with van der Waals surface area (Å²) in [5.41, 5.74) is 18.1.